The lowest BCUT2D eigenvalue weighted by Gasteiger charge is -2.34. The van der Waals surface area contributed by atoms with Crippen molar-refractivity contribution in [2.75, 3.05) is 36.8 Å². The molecule has 0 bridgehead atoms. The predicted molar refractivity (Wildman–Crippen MR) is 114 cm³/mol. The van der Waals surface area contributed by atoms with Crippen molar-refractivity contribution in [3.63, 3.8) is 0 Å². The van der Waals surface area contributed by atoms with Gasteiger partial charge in [0, 0.05) is 53.9 Å². The van der Waals surface area contributed by atoms with E-state index in [2.05, 4.69) is 14.3 Å². The number of anilines is 2. The quantitative estimate of drug-likeness (QED) is 0.643. The lowest BCUT2D eigenvalue weighted by atomic mass is 9.97. The normalized spacial score (nSPS) is 14.1. The summed E-state index contributed by atoms with van der Waals surface area (Å²) in [6.45, 7) is 2.32. The Labute approximate surface area is 176 Å². The van der Waals surface area contributed by atoms with Crippen LogP contribution in [0.2, 0.25) is 5.02 Å². The van der Waals surface area contributed by atoms with E-state index in [-0.39, 0.29) is 17.6 Å². The highest BCUT2D eigenvalue weighted by Crippen LogP contribution is 2.22. The van der Waals surface area contributed by atoms with E-state index < -0.39 is 0 Å². The van der Waals surface area contributed by atoms with E-state index in [1.807, 2.05) is 0 Å². The van der Waals surface area contributed by atoms with E-state index in [9.17, 15) is 9.59 Å². The number of nitrogen functional groups attached to an aromatic ring is 1. The molecule has 1 amide bonds. The Morgan fingerprint density at radius 1 is 0.966 bits per heavy atom. The van der Waals surface area contributed by atoms with E-state index in [0.29, 0.717) is 47.9 Å². The fourth-order valence-corrected chi connectivity index (χ4v) is 4.02. The van der Waals surface area contributed by atoms with Crippen molar-refractivity contribution in [3.05, 3.63) is 70.2 Å². The van der Waals surface area contributed by atoms with Gasteiger partial charge in [-0.1, -0.05) is 29.8 Å². The third-order valence-electron chi connectivity index (χ3n) is 4.78. The number of piperazine rings is 1. The van der Waals surface area contributed by atoms with Crippen LogP contribution >= 0.6 is 23.1 Å². The highest BCUT2D eigenvalue weighted by atomic mass is 35.5. The van der Waals surface area contributed by atoms with Gasteiger partial charge in [0.25, 0.3) is 5.91 Å². The lowest BCUT2D eigenvalue weighted by Crippen LogP contribution is -2.49. The minimum atomic E-state index is -0.200. The maximum atomic E-state index is 13.1. The second-order valence-electron chi connectivity index (χ2n) is 6.60. The van der Waals surface area contributed by atoms with Gasteiger partial charge in [0.05, 0.1) is 5.56 Å². The van der Waals surface area contributed by atoms with Gasteiger partial charge in [-0.2, -0.15) is 9.36 Å². The summed E-state index contributed by atoms with van der Waals surface area (Å²) in [5, 5.41) is 1.31. The highest BCUT2D eigenvalue weighted by Gasteiger charge is 2.26. The Kier molecular flexibility index (Phi) is 5.46. The molecule has 1 aliphatic rings. The van der Waals surface area contributed by atoms with Gasteiger partial charge in [0.2, 0.25) is 11.1 Å². The molecule has 0 radical (unpaired) electrons. The van der Waals surface area contributed by atoms with Gasteiger partial charge in [-0.05, 0) is 30.3 Å². The smallest absolute Gasteiger partial charge is 0.254 e. The molecule has 0 unspecified atom stereocenters. The fraction of sp³-hybridized carbons (Fsp3) is 0.200. The predicted octanol–water partition coefficient (Wildman–Crippen LogP) is 2.97. The number of nitrogens with zero attached hydrogens (tertiary/aromatic N) is 4. The number of hydrogen-bond acceptors (Lipinski definition) is 7. The molecule has 29 heavy (non-hydrogen) atoms. The zero-order valence-corrected chi connectivity index (χ0v) is 17.0. The third-order valence-corrected chi connectivity index (χ3v) is 5.82. The Morgan fingerprint density at radius 2 is 1.62 bits per heavy atom. The van der Waals surface area contributed by atoms with Crippen LogP contribution in [0.1, 0.15) is 26.3 Å². The van der Waals surface area contributed by atoms with Crippen LogP contribution in [0.4, 0.5) is 11.1 Å². The molecular weight excluding hydrogens is 410 g/mol. The first-order valence-corrected chi connectivity index (χ1v) is 10.2. The summed E-state index contributed by atoms with van der Waals surface area (Å²) in [4.78, 5) is 34.1. The zero-order chi connectivity index (χ0) is 20.4. The van der Waals surface area contributed by atoms with Crippen LogP contribution in [0, 0.1) is 0 Å². The summed E-state index contributed by atoms with van der Waals surface area (Å²) in [5.41, 5.74) is 6.88. The SMILES string of the molecule is Nc1nsc(N2CCN(C(=O)c3ccccc3C(=O)c3ccc(Cl)cc3)CC2)n1. The highest BCUT2D eigenvalue weighted by molar-refractivity contribution is 7.09. The Morgan fingerprint density at radius 3 is 2.24 bits per heavy atom. The lowest BCUT2D eigenvalue weighted by molar-refractivity contribution is 0.0742. The molecule has 1 saturated heterocycles. The Balaban J connectivity index is 1.51. The molecule has 148 valence electrons. The average molecular weight is 428 g/mol. The largest absolute Gasteiger partial charge is 0.367 e. The molecule has 4 rings (SSSR count). The third kappa shape index (κ3) is 4.08. The molecule has 0 spiro atoms. The van der Waals surface area contributed by atoms with Gasteiger partial charge in [-0.15, -0.1) is 0 Å². The molecule has 1 aliphatic heterocycles. The Bertz CT molecular complexity index is 1050. The summed E-state index contributed by atoms with van der Waals surface area (Å²) >= 11 is 7.16. The van der Waals surface area contributed by atoms with Crippen molar-refractivity contribution in [3.8, 4) is 0 Å². The van der Waals surface area contributed by atoms with E-state index in [0.717, 1.165) is 5.13 Å². The van der Waals surface area contributed by atoms with E-state index >= 15 is 0 Å². The molecule has 0 aliphatic carbocycles. The molecule has 3 aromatic rings. The first-order chi connectivity index (χ1) is 14.0. The number of aromatic nitrogens is 2. The molecule has 9 heteroatoms. The molecule has 1 fully saturated rings. The van der Waals surface area contributed by atoms with Crippen LogP contribution in [-0.4, -0.2) is 52.1 Å². The number of benzene rings is 2. The van der Waals surface area contributed by atoms with E-state index in [1.54, 1.807) is 53.4 Å². The molecule has 7 nitrogen and oxygen atoms in total. The first kappa shape index (κ1) is 19.4. The fourth-order valence-electron chi connectivity index (χ4n) is 3.25. The number of hydrogen-bond donors (Lipinski definition) is 1. The molecule has 0 saturated carbocycles. The summed E-state index contributed by atoms with van der Waals surface area (Å²) < 4.78 is 4.00. The number of nitrogens with two attached hydrogens (primary N) is 1. The number of carbonyl (C=O) groups is 2. The van der Waals surface area contributed by atoms with Crippen LogP contribution in [-0.2, 0) is 0 Å². The summed E-state index contributed by atoms with van der Waals surface area (Å²) in [7, 11) is 0. The number of amides is 1. The summed E-state index contributed by atoms with van der Waals surface area (Å²) in [6.07, 6.45) is 0. The van der Waals surface area contributed by atoms with Gasteiger partial charge in [0.1, 0.15) is 0 Å². The minimum Gasteiger partial charge on any atom is -0.367 e. The molecule has 2 aromatic carbocycles. The maximum absolute atomic E-state index is 13.1. The van der Waals surface area contributed by atoms with Crippen LogP contribution in [0.3, 0.4) is 0 Å². The number of carbonyl (C=O) groups excluding carboxylic acids is 2. The van der Waals surface area contributed by atoms with Crippen molar-refractivity contribution in [1.29, 1.82) is 0 Å². The zero-order valence-electron chi connectivity index (χ0n) is 15.4. The monoisotopic (exact) mass is 427 g/mol. The van der Waals surface area contributed by atoms with Gasteiger partial charge < -0.3 is 15.5 Å². The first-order valence-electron chi connectivity index (χ1n) is 9.05. The summed E-state index contributed by atoms with van der Waals surface area (Å²) in [5.74, 6) is -0.0916. The molecule has 0 atom stereocenters. The van der Waals surface area contributed by atoms with Crippen LogP contribution in [0.25, 0.3) is 0 Å². The molecule has 2 N–H and O–H groups in total. The van der Waals surface area contributed by atoms with Gasteiger partial charge in [-0.3, -0.25) is 9.59 Å². The van der Waals surface area contributed by atoms with Crippen LogP contribution < -0.4 is 10.6 Å². The molecular formula is C20H18ClN5O2S. The van der Waals surface area contributed by atoms with E-state index in [4.69, 9.17) is 17.3 Å². The maximum Gasteiger partial charge on any atom is 0.254 e. The van der Waals surface area contributed by atoms with Crippen molar-refractivity contribution in [2.24, 2.45) is 0 Å². The van der Waals surface area contributed by atoms with Crippen molar-refractivity contribution in [2.45, 2.75) is 0 Å². The van der Waals surface area contributed by atoms with Gasteiger partial charge >= 0.3 is 0 Å². The Hall–Kier alpha value is -2.97. The van der Waals surface area contributed by atoms with E-state index in [1.165, 1.54) is 11.5 Å². The molecule has 2 heterocycles. The average Bonchev–Trinajstić information content (AvgIpc) is 3.20. The number of ketones is 1. The standard InChI is InChI=1S/C20H18ClN5O2S/c21-14-7-5-13(6-8-14)17(27)15-3-1-2-4-16(15)18(28)25-9-11-26(12-10-25)20-23-19(22)24-29-20/h1-8H,9-12H2,(H2,22,24). The minimum absolute atomic E-state index is 0.153. The number of rotatable bonds is 4. The van der Waals surface area contributed by atoms with Crippen molar-refractivity contribution in [1.82, 2.24) is 14.3 Å². The summed E-state index contributed by atoms with van der Waals surface area (Å²) in [6, 6.07) is 13.6. The second-order valence-corrected chi connectivity index (χ2v) is 7.76. The van der Waals surface area contributed by atoms with Crippen LogP contribution in [0.5, 0.6) is 0 Å². The topological polar surface area (TPSA) is 92.4 Å². The van der Waals surface area contributed by atoms with Gasteiger partial charge in [0.15, 0.2) is 5.78 Å². The number of halogens is 1. The van der Waals surface area contributed by atoms with Crippen LogP contribution in [0.15, 0.2) is 48.5 Å². The second kappa shape index (κ2) is 8.18. The van der Waals surface area contributed by atoms with Gasteiger partial charge in [-0.25, -0.2) is 0 Å². The molecule has 1 aromatic heterocycles. The van der Waals surface area contributed by atoms with Crippen molar-refractivity contribution < 1.29 is 9.59 Å². The van der Waals surface area contributed by atoms with Crippen molar-refractivity contribution >= 4 is 45.9 Å².